The zero-order valence-corrected chi connectivity index (χ0v) is 31.5. The number of aromatic nitrogens is 4. The lowest BCUT2D eigenvalue weighted by molar-refractivity contribution is -0.566. The van der Waals surface area contributed by atoms with Gasteiger partial charge in [0.2, 0.25) is 0 Å². The number of pyridine rings is 1. The first kappa shape index (κ1) is 25.0. The van der Waals surface area contributed by atoms with E-state index >= 15 is 0 Å². The molecule has 0 aliphatic rings. The highest BCUT2D eigenvalue weighted by Crippen LogP contribution is 2.37. The van der Waals surface area contributed by atoms with Crippen LogP contribution >= 0.6 is 0 Å². The van der Waals surface area contributed by atoms with Crippen molar-refractivity contribution in [1.82, 2.24) is 14.1 Å². The summed E-state index contributed by atoms with van der Waals surface area (Å²) < 4.78 is 92.8. The summed E-state index contributed by atoms with van der Waals surface area (Å²) in [7, 11) is 0. The van der Waals surface area contributed by atoms with Crippen molar-refractivity contribution in [2.24, 2.45) is 0 Å². The molecule has 3 heterocycles. The summed E-state index contributed by atoms with van der Waals surface area (Å²) >= 11 is 0. The van der Waals surface area contributed by atoms with Gasteiger partial charge in [0.15, 0.2) is 11.0 Å². The summed E-state index contributed by atoms with van der Waals surface area (Å²) in [4.78, 5) is 4.84. The third-order valence-corrected chi connectivity index (χ3v) is 10.4. The standard InChI is InChI=1S/C52H42N5/c1-52(2,3)38-30-31-53-50(32-38)57-46-25-11-10-22-44(46)45-29-28-40(34-49(45)57)54-39-20-14-21-41(33-39)55-35-56(48-27-13-12-26-47(48)55)51-42(36-16-6-4-7-17-36)23-15-24-43(51)37-18-8-5-9-19-37/h4-35,54H,1-3H3/q+1/i4D,5D,6D,7D,8D,9D,16D,17D,18D,19D. The zero-order valence-electron chi connectivity index (χ0n) is 41.5. The number of fused-ring (bicyclic) bond motifs is 4. The van der Waals surface area contributed by atoms with Crippen LogP contribution in [0.25, 0.3) is 72.3 Å². The van der Waals surface area contributed by atoms with E-state index in [0.29, 0.717) is 5.52 Å². The van der Waals surface area contributed by atoms with Crippen molar-refractivity contribution >= 4 is 44.2 Å². The van der Waals surface area contributed by atoms with Gasteiger partial charge in [-0.15, -0.1) is 0 Å². The molecule has 7 aromatic carbocycles. The minimum absolute atomic E-state index is 0.0706. The molecule has 5 heteroatoms. The highest BCUT2D eigenvalue weighted by atomic mass is 15.1. The maximum Gasteiger partial charge on any atom is 0.255 e. The SMILES string of the molecule is [2H]c1c([2H])c([2H])c(-c2cccc(-c3c([2H])c([2H])c([2H])c([2H])c3[2H])c2-[n+]2cn(-c3cccc(Nc4ccc5c6ccccc6n(-c6cc(C(C)(C)C)ccn6)c5c4)c3)c3ccccc32)c([2H])c1[2H]. The van der Waals surface area contributed by atoms with Crippen molar-refractivity contribution < 1.29 is 18.3 Å². The van der Waals surface area contributed by atoms with Crippen molar-refractivity contribution in [3.8, 4) is 39.4 Å². The summed E-state index contributed by atoms with van der Waals surface area (Å²) in [5.74, 6) is 0.827. The minimum atomic E-state index is -0.551. The van der Waals surface area contributed by atoms with E-state index in [4.69, 9.17) is 18.7 Å². The molecule has 0 saturated heterocycles. The van der Waals surface area contributed by atoms with Crippen LogP contribution in [0.15, 0.2) is 194 Å². The first-order valence-corrected chi connectivity index (χ1v) is 18.7. The first-order valence-electron chi connectivity index (χ1n) is 23.7. The summed E-state index contributed by atoms with van der Waals surface area (Å²) in [5, 5.41) is 5.84. The number of rotatable bonds is 7. The smallest absolute Gasteiger partial charge is 0.255 e. The quantitative estimate of drug-likeness (QED) is 0.165. The molecule has 0 unspecified atom stereocenters. The van der Waals surface area contributed by atoms with Gasteiger partial charge in [0, 0.05) is 45.5 Å². The molecule has 57 heavy (non-hydrogen) atoms. The maximum atomic E-state index is 9.01. The second-order valence-electron chi connectivity index (χ2n) is 15.0. The molecule has 1 N–H and O–H groups in total. The van der Waals surface area contributed by atoms with Gasteiger partial charge in [-0.2, -0.15) is 9.13 Å². The number of nitrogens with zero attached hydrogens (tertiary/aromatic N) is 4. The van der Waals surface area contributed by atoms with Gasteiger partial charge in [0.1, 0.15) is 17.2 Å². The molecule has 0 aliphatic carbocycles. The molecule has 274 valence electrons. The summed E-state index contributed by atoms with van der Waals surface area (Å²) in [6.45, 7) is 6.57. The van der Waals surface area contributed by atoms with Crippen LogP contribution in [0.2, 0.25) is 0 Å². The molecule has 0 saturated carbocycles. The monoisotopic (exact) mass is 746 g/mol. The Kier molecular flexibility index (Phi) is 6.06. The van der Waals surface area contributed by atoms with E-state index in [1.807, 2.05) is 71.4 Å². The van der Waals surface area contributed by atoms with Gasteiger partial charge in [-0.3, -0.25) is 4.57 Å². The van der Waals surface area contributed by atoms with Gasteiger partial charge in [-0.25, -0.2) is 4.98 Å². The van der Waals surface area contributed by atoms with E-state index in [0.717, 1.165) is 50.2 Å². The number of benzene rings is 7. The summed E-state index contributed by atoms with van der Waals surface area (Å²) in [6.07, 6.45) is 3.67. The van der Waals surface area contributed by atoms with E-state index in [1.54, 1.807) is 29.1 Å². The molecule has 10 aromatic rings. The highest BCUT2D eigenvalue weighted by Gasteiger charge is 2.25. The Morgan fingerprint density at radius 2 is 1.25 bits per heavy atom. The lowest BCUT2D eigenvalue weighted by Gasteiger charge is -2.20. The van der Waals surface area contributed by atoms with Gasteiger partial charge < -0.3 is 5.32 Å². The number of nitrogens with one attached hydrogen (secondary N) is 1. The number of imidazole rings is 1. The zero-order chi connectivity index (χ0) is 47.2. The topological polar surface area (TPSA) is 38.7 Å². The highest BCUT2D eigenvalue weighted by molar-refractivity contribution is 6.10. The Hall–Kier alpha value is -7.24. The van der Waals surface area contributed by atoms with Gasteiger partial charge in [0.25, 0.3) is 6.33 Å². The third-order valence-electron chi connectivity index (χ3n) is 10.4. The second kappa shape index (κ2) is 13.8. The molecule has 0 aliphatic heterocycles. The number of para-hydroxylation sites is 4. The van der Waals surface area contributed by atoms with Crippen LogP contribution in [-0.4, -0.2) is 14.1 Å². The number of anilines is 2. The first-order chi connectivity index (χ1) is 32.0. The lowest BCUT2D eigenvalue weighted by atomic mass is 9.88. The minimum Gasteiger partial charge on any atom is -0.355 e. The van der Waals surface area contributed by atoms with Crippen molar-refractivity contribution in [2.45, 2.75) is 26.2 Å². The van der Waals surface area contributed by atoms with Crippen molar-refractivity contribution in [3.05, 3.63) is 200 Å². The number of hydrogen-bond acceptors (Lipinski definition) is 2. The van der Waals surface area contributed by atoms with E-state index in [9.17, 15) is 0 Å². The maximum absolute atomic E-state index is 9.01. The largest absolute Gasteiger partial charge is 0.355 e. The van der Waals surface area contributed by atoms with E-state index < -0.39 is 60.4 Å². The molecule has 0 spiro atoms. The Labute approximate surface area is 346 Å². The average molecular weight is 747 g/mol. The van der Waals surface area contributed by atoms with Crippen LogP contribution in [0.3, 0.4) is 0 Å². The normalized spacial score (nSPS) is 14.2. The molecule has 0 fully saturated rings. The molecular formula is C52H42N5+. The molecule has 10 rings (SSSR count). The van der Waals surface area contributed by atoms with Gasteiger partial charge >= 0.3 is 0 Å². The molecule has 0 bridgehead atoms. The molecule has 3 aromatic heterocycles. The van der Waals surface area contributed by atoms with Gasteiger partial charge in [0.05, 0.1) is 24.7 Å². The van der Waals surface area contributed by atoms with Crippen LogP contribution in [-0.2, 0) is 5.41 Å². The summed E-state index contributed by atoms with van der Waals surface area (Å²) in [5.41, 5.74) is 7.38. The molecule has 5 nitrogen and oxygen atoms in total. The molecule has 0 atom stereocenters. The van der Waals surface area contributed by atoms with Crippen molar-refractivity contribution in [2.75, 3.05) is 5.32 Å². The van der Waals surface area contributed by atoms with Crippen LogP contribution in [0, 0.1) is 0 Å². The molecular weight excluding hydrogens is 695 g/mol. The van der Waals surface area contributed by atoms with Gasteiger partial charge in [-0.1, -0.05) is 142 Å². The van der Waals surface area contributed by atoms with Gasteiger partial charge in [-0.05, 0) is 76.7 Å². The third kappa shape index (κ3) is 6.14. The Bertz CT molecular complexity index is 3540. The molecule has 0 radical (unpaired) electrons. The average Bonchev–Trinajstić information content (AvgIpc) is 3.87. The Morgan fingerprint density at radius 3 is 1.98 bits per heavy atom. The number of hydrogen-bond donors (Lipinski definition) is 1. The lowest BCUT2D eigenvalue weighted by Crippen LogP contribution is -2.30. The van der Waals surface area contributed by atoms with Crippen molar-refractivity contribution in [1.29, 1.82) is 0 Å². The fourth-order valence-electron chi connectivity index (χ4n) is 7.67. The summed E-state index contributed by atoms with van der Waals surface area (Å²) in [6, 6.07) is 34.1. The second-order valence-corrected chi connectivity index (χ2v) is 15.0. The van der Waals surface area contributed by atoms with Crippen LogP contribution < -0.4 is 9.88 Å². The van der Waals surface area contributed by atoms with Crippen molar-refractivity contribution in [3.63, 3.8) is 0 Å². The van der Waals surface area contributed by atoms with Crippen LogP contribution in [0.1, 0.15) is 40.0 Å². The fourth-order valence-corrected chi connectivity index (χ4v) is 7.67. The predicted octanol–water partition coefficient (Wildman–Crippen LogP) is 12.8. The van der Waals surface area contributed by atoms with E-state index in [-0.39, 0.29) is 33.4 Å². The Balaban J connectivity index is 1.15. The molecule has 0 amide bonds. The predicted molar refractivity (Wildman–Crippen MR) is 236 cm³/mol. The van der Waals surface area contributed by atoms with E-state index in [1.165, 1.54) is 5.56 Å². The Morgan fingerprint density at radius 1 is 0.596 bits per heavy atom. The van der Waals surface area contributed by atoms with Crippen LogP contribution in [0.4, 0.5) is 11.4 Å². The van der Waals surface area contributed by atoms with E-state index in [2.05, 4.69) is 73.1 Å². The van der Waals surface area contributed by atoms with Crippen LogP contribution in [0.5, 0.6) is 0 Å². The fraction of sp³-hybridized carbons (Fsp3) is 0.0769.